The van der Waals surface area contributed by atoms with E-state index in [-0.39, 0.29) is 12.2 Å². The highest BCUT2D eigenvalue weighted by Gasteiger charge is 2.17. The first kappa shape index (κ1) is 10.7. The van der Waals surface area contributed by atoms with Crippen molar-refractivity contribution in [1.29, 1.82) is 0 Å². The fourth-order valence-electron chi connectivity index (χ4n) is 1.29. The predicted octanol–water partition coefficient (Wildman–Crippen LogP) is -0.0602. The summed E-state index contributed by atoms with van der Waals surface area (Å²) < 4.78 is 1.46. The van der Waals surface area contributed by atoms with Gasteiger partial charge in [-0.25, -0.2) is 14.5 Å². The van der Waals surface area contributed by atoms with E-state index in [0.29, 0.717) is 12.2 Å². The summed E-state index contributed by atoms with van der Waals surface area (Å²) in [5, 5.41) is 18.9. The van der Waals surface area contributed by atoms with Gasteiger partial charge in [0.05, 0.1) is 12.2 Å². The minimum absolute atomic E-state index is 0.0833. The Morgan fingerprint density at radius 3 is 3.00 bits per heavy atom. The second-order valence-electron chi connectivity index (χ2n) is 2.98. The summed E-state index contributed by atoms with van der Waals surface area (Å²) >= 11 is 1.47. The third kappa shape index (κ3) is 1.92. The van der Waals surface area contributed by atoms with Crippen molar-refractivity contribution in [3.05, 3.63) is 28.0 Å². The fourth-order valence-corrected chi connectivity index (χ4v) is 1.88. The molecule has 0 saturated heterocycles. The van der Waals surface area contributed by atoms with Gasteiger partial charge in [0.2, 0.25) is 0 Å². The number of carboxylic acid groups (broad SMARTS) is 1. The van der Waals surface area contributed by atoms with Crippen LogP contribution in [0.25, 0.3) is 0 Å². The standard InChI is InChI=1S/C8H9N5O2S/c9-3-5-7(8(14)15)11-12-13(5)4-6-10-1-2-16-6/h1-2H,3-4,9H2,(H,14,15). The van der Waals surface area contributed by atoms with Crippen LogP contribution in [0, 0.1) is 0 Å². The molecule has 0 amide bonds. The zero-order chi connectivity index (χ0) is 11.5. The highest BCUT2D eigenvalue weighted by atomic mass is 32.1. The van der Waals surface area contributed by atoms with Crippen LogP contribution < -0.4 is 5.73 Å². The molecule has 0 fully saturated rings. The van der Waals surface area contributed by atoms with Crippen LogP contribution in [0.2, 0.25) is 0 Å². The summed E-state index contributed by atoms with van der Waals surface area (Å²) in [5.74, 6) is -1.12. The quantitative estimate of drug-likeness (QED) is 0.774. The molecule has 0 bridgehead atoms. The smallest absolute Gasteiger partial charge is 0.358 e. The lowest BCUT2D eigenvalue weighted by Crippen LogP contribution is -2.13. The van der Waals surface area contributed by atoms with Crippen LogP contribution in [-0.2, 0) is 13.1 Å². The Labute approximate surface area is 94.5 Å². The average molecular weight is 239 g/mol. The molecule has 0 saturated carbocycles. The first-order valence-corrected chi connectivity index (χ1v) is 5.34. The molecule has 0 atom stereocenters. The normalized spacial score (nSPS) is 10.6. The molecule has 0 unspecified atom stereocenters. The molecule has 16 heavy (non-hydrogen) atoms. The lowest BCUT2D eigenvalue weighted by molar-refractivity contribution is 0.0689. The molecule has 0 radical (unpaired) electrons. The van der Waals surface area contributed by atoms with E-state index in [9.17, 15) is 4.79 Å². The molecule has 3 N–H and O–H groups in total. The van der Waals surface area contributed by atoms with E-state index < -0.39 is 5.97 Å². The monoisotopic (exact) mass is 239 g/mol. The number of carboxylic acids is 1. The molecular formula is C8H9N5O2S. The first-order valence-electron chi connectivity index (χ1n) is 4.46. The topological polar surface area (TPSA) is 107 Å². The summed E-state index contributed by atoms with van der Waals surface area (Å²) in [6, 6.07) is 0. The summed E-state index contributed by atoms with van der Waals surface area (Å²) in [7, 11) is 0. The Balaban J connectivity index is 2.31. The van der Waals surface area contributed by atoms with Gasteiger partial charge in [0.15, 0.2) is 5.69 Å². The van der Waals surface area contributed by atoms with Crippen molar-refractivity contribution < 1.29 is 9.90 Å². The Kier molecular flexibility index (Phi) is 2.93. The molecule has 8 heteroatoms. The van der Waals surface area contributed by atoms with Gasteiger partial charge in [0.1, 0.15) is 5.01 Å². The van der Waals surface area contributed by atoms with Gasteiger partial charge in [-0.3, -0.25) is 0 Å². The Hall–Kier alpha value is -1.80. The molecule has 2 rings (SSSR count). The highest BCUT2D eigenvalue weighted by Crippen LogP contribution is 2.10. The molecular weight excluding hydrogens is 230 g/mol. The Bertz CT molecular complexity index is 493. The number of aromatic carboxylic acids is 1. The number of aromatic nitrogens is 4. The molecule has 0 aromatic carbocycles. The maximum Gasteiger partial charge on any atom is 0.358 e. The van der Waals surface area contributed by atoms with Crippen LogP contribution in [0.4, 0.5) is 0 Å². The third-order valence-electron chi connectivity index (χ3n) is 2.00. The molecule has 0 aliphatic rings. The van der Waals surface area contributed by atoms with Crippen LogP contribution in [-0.4, -0.2) is 31.1 Å². The van der Waals surface area contributed by atoms with Gasteiger partial charge in [-0.15, -0.1) is 16.4 Å². The van der Waals surface area contributed by atoms with E-state index in [4.69, 9.17) is 10.8 Å². The van der Waals surface area contributed by atoms with Crippen LogP contribution in [0.1, 0.15) is 21.2 Å². The number of carbonyl (C=O) groups is 1. The molecule has 2 aromatic heterocycles. The van der Waals surface area contributed by atoms with Crippen LogP contribution in [0.5, 0.6) is 0 Å². The Morgan fingerprint density at radius 1 is 1.62 bits per heavy atom. The summed E-state index contributed by atoms with van der Waals surface area (Å²) in [4.78, 5) is 14.9. The van der Waals surface area contributed by atoms with Crippen molar-refractivity contribution in [3.63, 3.8) is 0 Å². The largest absolute Gasteiger partial charge is 0.476 e. The van der Waals surface area contributed by atoms with Gasteiger partial charge in [-0.2, -0.15) is 0 Å². The molecule has 0 spiro atoms. The van der Waals surface area contributed by atoms with E-state index in [1.54, 1.807) is 6.20 Å². The Morgan fingerprint density at radius 2 is 2.44 bits per heavy atom. The van der Waals surface area contributed by atoms with Crippen molar-refractivity contribution in [1.82, 2.24) is 20.0 Å². The van der Waals surface area contributed by atoms with E-state index in [2.05, 4.69) is 15.3 Å². The molecule has 0 aliphatic heterocycles. The lowest BCUT2D eigenvalue weighted by atomic mass is 10.3. The number of hydrogen-bond acceptors (Lipinski definition) is 6. The van der Waals surface area contributed by atoms with E-state index in [1.807, 2.05) is 5.38 Å². The van der Waals surface area contributed by atoms with E-state index in [0.717, 1.165) is 5.01 Å². The molecule has 0 aliphatic carbocycles. The second kappa shape index (κ2) is 4.37. The van der Waals surface area contributed by atoms with E-state index in [1.165, 1.54) is 16.0 Å². The third-order valence-corrected chi connectivity index (χ3v) is 2.77. The number of thiazole rings is 1. The van der Waals surface area contributed by atoms with Crippen LogP contribution in [0.3, 0.4) is 0 Å². The second-order valence-corrected chi connectivity index (χ2v) is 3.96. The van der Waals surface area contributed by atoms with Crippen molar-refractivity contribution in [3.8, 4) is 0 Å². The van der Waals surface area contributed by atoms with Gasteiger partial charge in [-0.1, -0.05) is 5.21 Å². The minimum Gasteiger partial charge on any atom is -0.476 e. The summed E-state index contributed by atoms with van der Waals surface area (Å²) in [6.45, 7) is 0.477. The number of hydrogen-bond donors (Lipinski definition) is 2. The highest BCUT2D eigenvalue weighted by molar-refractivity contribution is 7.09. The molecule has 84 valence electrons. The van der Waals surface area contributed by atoms with Crippen LogP contribution in [0.15, 0.2) is 11.6 Å². The average Bonchev–Trinajstić information content (AvgIpc) is 2.87. The van der Waals surface area contributed by atoms with Crippen molar-refractivity contribution in [2.45, 2.75) is 13.1 Å². The van der Waals surface area contributed by atoms with Crippen molar-refractivity contribution in [2.24, 2.45) is 5.73 Å². The minimum atomic E-state index is -1.12. The fraction of sp³-hybridized carbons (Fsp3) is 0.250. The van der Waals surface area contributed by atoms with Gasteiger partial charge < -0.3 is 10.8 Å². The number of rotatable bonds is 4. The summed E-state index contributed by atoms with van der Waals surface area (Å²) in [5.41, 5.74) is 5.79. The SMILES string of the molecule is NCc1c(C(=O)O)nnn1Cc1nccs1. The zero-order valence-electron chi connectivity index (χ0n) is 8.20. The van der Waals surface area contributed by atoms with Crippen molar-refractivity contribution >= 4 is 17.3 Å². The molecule has 2 aromatic rings. The molecule has 7 nitrogen and oxygen atoms in total. The predicted molar refractivity (Wildman–Crippen MR) is 56.1 cm³/mol. The number of nitrogens with zero attached hydrogens (tertiary/aromatic N) is 4. The summed E-state index contributed by atoms with van der Waals surface area (Å²) in [6.07, 6.45) is 1.68. The zero-order valence-corrected chi connectivity index (χ0v) is 9.02. The first-order chi connectivity index (χ1) is 7.72. The van der Waals surface area contributed by atoms with Gasteiger partial charge in [-0.05, 0) is 0 Å². The van der Waals surface area contributed by atoms with Crippen LogP contribution >= 0.6 is 11.3 Å². The van der Waals surface area contributed by atoms with Gasteiger partial charge in [0.25, 0.3) is 0 Å². The van der Waals surface area contributed by atoms with Gasteiger partial charge >= 0.3 is 5.97 Å². The maximum absolute atomic E-state index is 10.8. The molecule has 2 heterocycles. The van der Waals surface area contributed by atoms with Crippen molar-refractivity contribution in [2.75, 3.05) is 0 Å². The van der Waals surface area contributed by atoms with E-state index >= 15 is 0 Å². The number of nitrogens with two attached hydrogens (primary N) is 1. The maximum atomic E-state index is 10.8. The lowest BCUT2D eigenvalue weighted by Gasteiger charge is -2.01. The van der Waals surface area contributed by atoms with Gasteiger partial charge in [0, 0.05) is 18.1 Å².